The molecule has 0 spiro atoms. The number of allylic oxidation sites excluding steroid dienone is 1. The molecule has 0 bridgehead atoms. The van der Waals surface area contributed by atoms with Crippen molar-refractivity contribution in [2.24, 2.45) is 5.92 Å². The van der Waals surface area contributed by atoms with E-state index in [1.165, 1.54) is 7.11 Å². The molecule has 0 N–H and O–H groups in total. The lowest BCUT2D eigenvalue weighted by Gasteiger charge is -2.28. The number of ether oxygens (including phenoxy) is 2. The molecule has 1 fully saturated rings. The minimum atomic E-state index is -0.481. The minimum absolute atomic E-state index is 0.0974. The summed E-state index contributed by atoms with van der Waals surface area (Å²) >= 11 is 6.51. The van der Waals surface area contributed by atoms with Crippen LogP contribution in [-0.4, -0.2) is 62.8 Å². The third-order valence-electron chi connectivity index (χ3n) is 5.84. The lowest BCUT2D eigenvalue weighted by molar-refractivity contribution is 0.0496. The second kappa shape index (κ2) is 8.42. The Morgan fingerprint density at radius 1 is 1.38 bits per heavy atom. The van der Waals surface area contributed by atoms with Crippen molar-refractivity contribution >= 4 is 34.9 Å². The zero-order valence-corrected chi connectivity index (χ0v) is 18.5. The lowest BCUT2D eigenvalue weighted by Crippen LogP contribution is -2.44. The summed E-state index contributed by atoms with van der Waals surface area (Å²) < 4.78 is 10.2. The average Bonchev–Trinajstić information content (AvgIpc) is 2.99. The van der Waals surface area contributed by atoms with E-state index in [2.05, 4.69) is 4.98 Å². The van der Waals surface area contributed by atoms with E-state index in [0.717, 1.165) is 31.6 Å². The Labute approximate surface area is 176 Å². The van der Waals surface area contributed by atoms with E-state index >= 15 is 0 Å². The molecule has 2 aliphatic heterocycles. The fraction of sp³-hybridized carbons (Fsp3) is 0.571. The van der Waals surface area contributed by atoms with Crippen LogP contribution in [-0.2, 0) is 15.9 Å². The molecule has 1 aromatic rings. The molecular formula is C21H29ClN3O4+. The van der Waals surface area contributed by atoms with Crippen molar-refractivity contribution in [2.45, 2.75) is 33.1 Å². The first-order valence-electron chi connectivity index (χ1n) is 9.95. The summed E-state index contributed by atoms with van der Waals surface area (Å²) in [6, 6.07) is 0. The number of nitrogens with zero attached hydrogens (tertiary/aromatic N) is 3. The molecular weight excluding hydrogens is 394 g/mol. The number of quaternary nitrogens is 1. The zero-order valence-electron chi connectivity index (χ0n) is 17.7. The van der Waals surface area contributed by atoms with E-state index in [-0.39, 0.29) is 15.5 Å². The van der Waals surface area contributed by atoms with Gasteiger partial charge in [-0.1, -0.05) is 18.5 Å². The Hall–Kier alpha value is -1.96. The van der Waals surface area contributed by atoms with Crippen LogP contribution in [0.3, 0.4) is 0 Å². The zero-order chi connectivity index (χ0) is 21.3. The molecule has 2 aliphatic rings. The molecule has 8 heteroatoms. The molecule has 7 nitrogen and oxygen atoms in total. The van der Waals surface area contributed by atoms with Crippen LogP contribution in [0.25, 0.3) is 5.57 Å². The van der Waals surface area contributed by atoms with Crippen LogP contribution >= 0.6 is 11.6 Å². The molecule has 158 valence electrons. The van der Waals surface area contributed by atoms with Crippen LogP contribution in [0.4, 0.5) is 10.5 Å². The van der Waals surface area contributed by atoms with Gasteiger partial charge in [0.25, 0.3) is 5.91 Å². The van der Waals surface area contributed by atoms with E-state index < -0.39 is 6.09 Å². The lowest BCUT2D eigenvalue weighted by atomic mass is 9.96. The number of amides is 2. The molecule has 1 atom stereocenters. The Bertz CT molecular complexity index is 864. The molecule has 0 radical (unpaired) electrons. The van der Waals surface area contributed by atoms with E-state index in [1.807, 2.05) is 20.9 Å². The summed E-state index contributed by atoms with van der Waals surface area (Å²) in [5.41, 5.74) is 3.17. The monoisotopic (exact) mass is 422 g/mol. The number of rotatable bonds is 4. The number of aromatic nitrogens is 1. The Morgan fingerprint density at radius 2 is 2.03 bits per heavy atom. The van der Waals surface area contributed by atoms with Gasteiger partial charge in [0.1, 0.15) is 6.20 Å². The highest BCUT2D eigenvalue weighted by molar-refractivity contribution is 6.33. The van der Waals surface area contributed by atoms with E-state index in [0.29, 0.717) is 41.4 Å². The maximum Gasteiger partial charge on any atom is 0.525 e. The first-order chi connectivity index (χ1) is 13.7. The fourth-order valence-corrected chi connectivity index (χ4v) is 4.70. The van der Waals surface area contributed by atoms with Crippen LogP contribution in [0.15, 0.2) is 6.20 Å². The standard InChI is InChI=1S/C21H29ClN3O4/c1-6-15-17(20(26)24(3)11-14-7-9-29-10-8-14)16-13(2)12-25(4,21(27)28-5)18(16)19(22)23-15/h12,14H,6-11H2,1-5H3/q+1. The Kier molecular flexibility index (Phi) is 6.31. The molecule has 1 unspecified atom stereocenters. The summed E-state index contributed by atoms with van der Waals surface area (Å²) in [5, 5.41) is 0.224. The van der Waals surface area contributed by atoms with Crippen molar-refractivity contribution in [2.75, 3.05) is 41.0 Å². The second-order valence-corrected chi connectivity index (χ2v) is 8.26. The molecule has 1 saturated heterocycles. The van der Waals surface area contributed by atoms with Crippen molar-refractivity contribution < 1.29 is 19.1 Å². The maximum absolute atomic E-state index is 13.5. The summed E-state index contributed by atoms with van der Waals surface area (Å²) in [6.45, 7) is 5.97. The molecule has 1 aromatic heterocycles. The highest BCUT2D eigenvalue weighted by Gasteiger charge is 2.47. The highest BCUT2D eigenvalue weighted by Crippen LogP contribution is 2.46. The van der Waals surface area contributed by atoms with Crippen molar-refractivity contribution in [3.8, 4) is 0 Å². The highest BCUT2D eigenvalue weighted by atomic mass is 35.5. The minimum Gasteiger partial charge on any atom is -0.423 e. The Balaban J connectivity index is 2.06. The summed E-state index contributed by atoms with van der Waals surface area (Å²) in [4.78, 5) is 32.3. The third kappa shape index (κ3) is 3.79. The van der Waals surface area contributed by atoms with Gasteiger partial charge in [-0.25, -0.2) is 4.98 Å². The first-order valence-corrected chi connectivity index (χ1v) is 10.3. The summed E-state index contributed by atoms with van der Waals surface area (Å²) in [7, 11) is 4.85. The molecule has 3 heterocycles. The van der Waals surface area contributed by atoms with Gasteiger partial charge in [0.15, 0.2) is 10.8 Å². The van der Waals surface area contributed by atoms with Gasteiger partial charge in [0.2, 0.25) is 0 Å². The number of halogens is 1. The molecule has 29 heavy (non-hydrogen) atoms. The van der Waals surface area contributed by atoms with Crippen LogP contribution in [0.2, 0.25) is 5.15 Å². The number of pyridine rings is 1. The predicted octanol–water partition coefficient (Wildman–Crippen LogP) is 3.87. The van der Waals surface area contributed by atoms with Crippen LogP contribution in [0.1, 0.15) is 48.3 Å². The van der Waals surface area contributed by atoms with Gasteiger partial charge in [-0.05, 0) is 32.1 Å². The predicted molar refractivity (Wildman–Crippen MR) is 113 cm³/mol. The van der Waals surface area contributed by atoms with Crippen LogP contribution < -0.4 is 4.48 Å². The quantitative estimate of drug-likeness (QED) is 0.544. The van der Waals surface area contributed by atoms with E-state index in [9.17, 15) is 9.59 Å². The van der Waals surface area contributed by atoms with Gasteiger partial charge in [-0.15, -0.1) is 0 Å². The van der Waals surface area contributed by atoms with Crippen molar-refractivity contribution in [1.29, 1.82) is 0 Å². The van der Waals surface area contributed by atoms with Gasteiger partial charge in [-0.2, -0.15) is 9.28 Å². The largest absolute Gasteiger partial charge is 0.525 e. The van der Waals surface area contributed by atoms with Crippen LogP contribution in [0.5, 0.6) is 0 Å². The Morgan fingerprint density at radius 3 is 2.62 bits per heavy atom. The first kappa shape index (κ1) is 21.7. The number of hydrogen-bond donors (Lipinski definition) is 0. The number of carbonyl (C=O) groups is 2. The second-order valence-electron chi connectivity index (χ2n) is 7.90. The number of fused-ring (bicyclic) bond motifs is 1. The van der Waals surface area contributed by atoms with Crippen molar-refractivity contribution in [3.05, 3.63) is 28.2 Å². The summed E-state index contributed by atoms with van der Waals surface area (Å²) in [6.07, 6.45) is 3.74. The number of aryl methyl sites for hydroxylation is 1. The number of methoxy groups -OCH3 is 1. The SMILES string of the molecule is CCc1nc(Cl)c2c(c1C(=O)N(C)CC1CCOCC1)C(C)=C[N+]2(C)C(=O)OC. The molecule has 3 rings (SSSR count). The van der Waals surface area contributed by atoms with Gasteiger partial charge in [0.05, 0.1) is 31.0 Å². The summed E-state index contributed by atoms with van der Waals surface area (Å²) in [5.74, 6) is 0.323. The van der Waals surface area contributed by atoms with Crippen molar-refractivity contribution in [3.63, 3.8) is 0 Å². The van der Waals surface area contributed by atoms with Gasteiger partial charge < -0.3 is 14.4 Å². The van der Waals surface area contributed by atoms with Gasteiger partial charge >= 0.3 is 6.09 Å². The van der Waals surface area contributed by atoms with Crippen molar-refractivity contribution in [1.82, 2.24) is 14.4 Å². The molecule has 2 amide bonds. The van der Waals surface area contributed by atoms with Gasteiger partial charge in [-0.3, -0.25) is 4.79 Å². The molecule has 0 aliphatic carbocycles. The average molecular weight is 423 g/mol. The smallest absolute Gasteiger partial charge is 0.423 e. The van der Waals surface area contributed by atoms with E-state index in [1.54, 1.807) is 18.1 Å². The number of carbonyl (C=O) groups excluding carboxylic acids is 2. The third-order valence-corrected chi connectivity index (χ3v) is 6.10. The maximum atomic E-state index is 13.5. The van der Waals surface area contributed by atoms with Crippen LogP contribution in [0, 0.1) is 5.92 Å². The normalized spacial score (nSPS) is 21.5. The fourth-order valence-electron chi connectivity index (χ4n) is 4.33. The molecule has 0 saturated carbocycles. The van der Waals surface area contributed by atoms with E-state index in [4.69, 9.17) is 21.1 Å². The topological polar surface area (TPSA) is 68.7 Å². The van der Waals surface area contributed by atoms with Gasteiger partial charge in [0, 0.05) is 32.4 Å². The number of hydrogen-bond acceptors (Lipinski definition) is 5. The molecule has 0 aromatic carbocycles.